The third kappa shape index (κ3) is 4.88. The van der Waals surface area contributed by atoms with Crippen LogP contribution in [0.15, 0.2) is 18.2 Å². The molecule has 0 heterocycles. The Balaban J connectivity index is 1.78. The summed E-state index contributed by atoms with van der Waals surface area (Å²) in [6, 6.07) is 4.98. The summed E-state index contributed by atoms with van der Waals surface area (Å²) in [6.45, 7) is 0.0314. The first kappa shape index (κ1) is 16.1. The number of rotatable bonds is 5. The van der Waals surface area contributed by atoms with Crippen LogP contribution in [-0.4, -0.2) is 31.8 Å². The minimum absolute atomic E-state index is 0.0314. The molecule has 1 aromatic rings. The van der Waals surface area contributed by atoms with Gasteiger partial charge in [-0.25, -0.2) is 0 Å². The molecule has 2 unspecified atom stereocenters. The van der Waals surface area contributed by atoms with E-state index >= 15 is 0 Å². The van der Waals surface area contributed by atoms with Crippen molar-refractivity contribution >= 4 is 28.9 Å². The molecule has 1 saturated carbocycles. The molecular weight excluding hydrogens is 292 g/mol. The first-order valence-electron chi connectivity index (χ1n) is 7.07. The molecule has 0 spiro atoms. The van der Waals surface area contributed by atoms with E-state index in [-0.39, 0.29) is 24.7 Å². The summed E-state index contributed by atoms with van der Waals surface area (Å²) in [7, 11) is 1.71. The number of nitrogen functional groups attached to an aromatic ring is 1. The molecule has 0 bridgehead atoms. The molecule has 1 aromatic carbocycles. The predicted octanol–water partition coefficient (Wildman–Crippen LogP) is 2.83. The Bertz CT molecular complexity index is 496. The van der Waals surface area contributed by atoms with Crippen LogP contribution in [0.25, 0.3) is 0 Å². The standard InChI is InChI=1S/C15H21ClN2O3/c1-20-11-3-2-4-12(8-11)21-9-15(19)18-10-5-6-13(16)14(17)7-10/h5-7,11-12H,2-4,8-9,17H2,1H3,(H,18,19). The highest BCUT2D eigenvalue weighted by Gasteiger charge is 2.22. The summed E-state index contributed by atoms with van der Waals surface area (Å²) < 4.78 is 11.0. The summed E-state index contributed by atoms with van der Waals surface area (Å²) in [5, 5.41) is 3.21. The van der Waals surface area contributed by atoms with E-state index in [4.69, 9.17) is 26.8 Å². The minimum atomic E-state index is -0.198. The van der Waals surface area contributed by atoms with Crippen LogP contribution in [0.1, 0.15) is 25.7 Å². The Hall–Kier alpha value is -1.30. The van der Waals surface area contributed by atoms with Crippen molar-refractivity contribution in [2.75, 3.05) is 24.8 Å². The van der Waals surface area contributed by atoms with Crippen LogP contribution in [0.3, 0.4) is 0 Å². The number of carbonyl (C=O) groups excluding carboxylic acids is 1. The zero-order chi connectivity index (χ0) is 15.2. The number of nitrogens with two attached hydrogens (primary N) is 1. The largest absolute Gasteiger partial charge is 0.397 e. The molecule has 1 aliphatic rings. The Morgan fingerprint density at radius 2 is 2.19 bits per heavy atom. The van der Waals surface area contributed by atoms with Crippen LogP contribution < -0.4 is 11.1 Å². The molecule has 5 nitrogen and oxygen atoms in total. The molecule has 0 saturated heterocycles. The van der Waals surface area contributed by atoms with Gasteiger partial charge in [0.2, 0.25) is 5.91 Å². The second-order valence-electron chi connectivity index (χ2n) is 5.24. The summed E-state index contributed by atoms with van der Waals surface area (Å²) in [5.41, 5.74) is 6.74. The van der Waals surface area contributed by atoms with Gasteiger partial charge in [0.05, 0.1) is 22.9 Å². The van der Waals surface area contributed by atoms with Gasteiger partial charge >= 0.3 is 0 Å². The van der Waals surface area contributed by atoms with Crippen molar-refractivity contribution in [3.63, 3.8) is 0 Å². The SMILES string of the molecule is COC1CCCC(OCC(=O)Nc2ccc(Cl)c(N)c2)C1. The van der Waals surface area contributed by atoms with Crippen molar-refractivity contribution in [1.29, 1.82) is 0 Å². The van der Waals surface area contributed by atoms with Gasteiger partial charge < -0.3 is 20.5 Å². The lowest BCUT2D eigenvalue weighted by molar-refractivity contribution is -0.124. The van der Waals surface area contributed by atoms with E-state index in [1.165, 1.54) is 0 Å². The highest BCUT2D eigenvalue weighted by Crippen LogP contribution is 2.24. The predicted molar refractivity (Wildman–Crippen MR) is 83.5 cm³/mol. The van der Waals surface area contributed by atoms with Gasteiger partial charge in [-0.2, -0.15) is 0 Å². The monoisotopic (exact) mass is 312 g/mol. The number of nitrogens with one attached hydrogen (secondary N) is 1. The summed E-state index contributed by atoms with van der Waals surface area (Å²) in [6.07, 6.45) is 4.27. The van der Waals surface area contributed by atoms with Crippen molar-refractivity contribution in [3.8, 4) is 0 Å². The molecule has 21 heavy (non-hydrogen) atoms. The number of carbonyl (C=O) groups is 1. The van der Waals surface area contributed by atoms with Gasteiger partial charge in [-0.05, 0) is 43.9 Å². The van der Waals surface area contributed by atoms with E-state index in [9.17, 15) is 4.79 Å². The Labute approximate surface area is 129 Å². The van der Waals surface area contributed by atoms with Gasteiger partial charge in [-0.3, -0.25) is 4.79 Å². The molecule has 2 atom stereocenters. The van der Waals surface area contributed by atoms with Gasteiger partial charge in [-0.1, -0.05) is 11.6 Å². The Morgan fingerprint density at radius 3 is 2.90 bits per heavy atom. The minimum Gasteiger partial charge on any atom is -0.397 e. The number of amides is 1. The fourth-order valence-corrected chi connectivity index (χ4v) is 2.60. The molecule has 0 radical (unpaired) electrons. The highest BCUT2D eigenvalue weighted by atomic mass is 35.5. The zero-order valence-electron chi connectivity index (χ0n) is 12.1. The van der Waals surface area contributed by atoms with Crippen LogP contribution in [0.2, 0.25) is 5.02 Å². The first-order valence-corrected chi connectivity index (χ1v) is 7.45. The average Bonchev–Trinajstić information content (AvgIpc) is 2.49. The zero-order valence-corrected chi connectivity index (χ0v) is 12.9. The van der Waals surface area contributed by atoms with Crippen molar-refractivity contribution < 1.29 is 14.3 Å². The van der Waals surface area contributed by atoms with Gasteiger partial charge in [0.25, 0.3) is 0 Å². The van der Waals surface area contributed by atoms with Crippen molar-refractivity contribution in [2.24, 2.45) is 0 Å². The Morgan fingerprint density at radius 1 is 1.43 bits per heavy atom. The van der Waals surface area contributed by atoms with Crippen LogP contribution in [-0.2, 0) is 14.3 Å². The Kier molecular flexibility index (Phi) is 5.85. The van der Waals surface area contributed by atoms with Gasteiger partial charge in [0, 0.05) is 12.8 Å². The van der Waals surface area contributed by atoms with E-state index in [2.05, 4.69) is 5.32 Å². The third-order valence-corrected chi connectivity index (χ3v) is 3.99. The number of anilines is 2. The lowest BCUT2D eigenvalue weighted by atomic mass is 9.95. The van der Waals surface area contributed by atoms with Crippen LogP contribution in [0.5, 0.6) is 0 Å². The molecule has 6 heteroatoms. The first-order chi connectivity index (χ1) is 10.1. The summed E-state index contributed by atoms with van der Waals surface area (Å²) >= 11 is 5.83. The normalized spacial score (nSPS) is 22.0. The fourth-order valence-electron chi connectivity index (χ4n) is 2.48. The van der Waals surface area contributed by atoms with E-state index in [0.717, 1.165) is 25.7 Å². The molecule has 3 N–H and O–H groups in total. The van der Waals surface area contributed by atoms with Gasteiger partial charge in [-0.15, -0.1) is 0 Å². The maximum absolute atomic E-state index is 11.9. The van der Waals surface area contributed by atoms with E-state index in [1.807, 2.05) is 0 Å². The van der Waals surface area contributed by atoms with E-state index < -0.39 is 0 Å². The summed E-state index contributed by atoms with van der Waals surface area (Å²) in [5.74, 6) is -0.198. The quantitative estimate of drug-likeness (QED) is 0.820. The van der Waals surface area contributed by atoms with Crippen molar-refractivity contribution in [3.05, 3.63) is 23.2 Å². The number of methoxy groups -OCH3 is 1. The fraction of sp³-hybridized carbons (Fsp3) is 0.533. The number of benzene rings is 1. The van der Waals surface area contributed by atoms with E-state index in [1.54, 1.807) is 25.3 Å². The maximum atomic E-state index is 11.9. The van der Waals surface area contributed by atoms with Gasteiger partial charge in [0.1, 0.15) is 6.61 Å². The number of halogens is 1. The second kappa shape index (κ2) is 7.64. The van der Waals surface area contributed by atoms with Gasteiger partial charge in [0.15, 0.2) is 0 Å². The molecule has 0 aromatic heterocycles. The third-order valence-electron chi connectivity index (χ3n) is 3.64. The lowest BCUT2D eigenvalue weighted by Crippen LogP contribution is -2.30. The number of hydrogen-bond acceptors (Lipinski definition) is 4. The summed E-state index contributed by atoms with van der Waals surface area (Å²) in [4.78, 5) is 11.9. The van der Waals surface area contributed by atoms with Crippen molar-refractivity contribution in [1.82, 2.24) is 0 Å². The molecule has 2 rings (SSSR count). The van der Waals surface area contributed by atoms with Crippen LogP contribution >= 0.6 is 11.6 Å². The number of hydrogen-bond donors (Lipinski definition) is 2. The van der Waals surface area contributed by atoms with E-state index in [0.29, 0.717) is 16.4 Å². The smallest absolute Gasteiger partial charge is 0.250 e. The van der Waals surface area contributed by atoms with Crippen LogP contribution in [0.4, 0.5) is 11.4 Å². The topological polar surface area (TPSA) is 73.6 Å². The molecule has 1 fully saturated rings. The van der Waals surface area contributed by atoms with Crippen molar-refractivity contribution in [2.45, 2.75) is 37.9 Å². The molecule has 1 amide bonds. The lowest BCUT2D eigenvalue weighted by Gasteiger charge is -2.27. The molecular formula is C15H21ClN2O3. The second-order valence-corrected chi connectivity index (χ2v) is 5.65. The average molecular weight is 313 g/mol. The van der Waals surface area contributed by atoms with Crippen LogP contribution in [0, 0.1) is 0 Å². The molecule has 116 valence electrons. The molecule has 0 aliphatic heterocycles. The number of ether oxygens (including phenoxy) is 2. The highest BCUT2D eigenvalue weighted by molar-refractivity contribution is 6.33. The maximum Gasteiger partial charge on any atom is 0.250 e. The molecule has 1 aliphatic carbocycles.